The Hall–Kier alpha value is -0.320. The maximum atomic E-state index is 11.8. The van der Waals surface area contributed by atoms with Crippen LogP contribution in [-0.2, 0) is 4.79 Å². The minimum Gasteiger partial charge on any atom is -0.339 e. The van der Waals surface area contributed by atoms with Gasteiger partial charge >= 0.3 is 0 Å². The van der Waals surface area contributed by atoms with Crippen LogP contribution in [0.15, 0.2) is 0 Å². The van der Waals surface area contributed by atoms with Crippen molar-refractivity contribution in [3.8, 4) is 0 Å². The lowest BCUT2D eigenvalue weighted by molar-refractivity contribution is -0.132. The van der Waals surface area contributed by atoms with Crippen LogP contribution in [0.1, 0.15) is 12.8 Å². The lowest BCUT2D eigenvalue weighted by Crippen LogP contribution is -2.49. The van der Waals surface area contributed by atoms with E-state index in [0.717, 1.165) is 39.3 Å². The van der Waals surface area contributed by atoms with E-state index in [2.05, 4.69) is 10.2 Å². The van der Waals surface area contributed by atoms with E-state index in [1.807, 2.05) is 4.90 Å². The van der Waals surface area contributed by atoms with Gasteiger partial charge in [-0.3, -0.25) is 9.69 Å². The Kier molecular flexibility index (Phi) is 5.36. The molecule has 1 amide bonds. The summed E-state index contributed by atoms with van der Waals surface area (Å²) in [5, 5.41) is 3.26. The molecule has 0 atom stereocenters. The SMILES string of the molecule is Cl.O=C(CN1CCCC1)N1CCNCC1. The molecule has 2 aliphatic rings. The smallest absolute Gasteiger partial charge is 0.236 e. The quantitative estimate of drug-likeness (QED) is 0.726. The molecule has 0 radical (unpaired) electrons. The highest BCUT2D eigenvalue weighted by atomic mass is 35.5. The van der Waals surface area contributed by atoms with E-state index in [0.29, 0.717) is 12.5 Å². The summed E-state index contributed by atoms with van der Waals surface area (Å²) in [5.74, 6) is 0.313. The van der Waals surface area contributed by atoms with Crippen molar-refractivity contribution in [3.63, 3.8) is 0 Å². The number of likely N-dealkylation sites (tertiary alicyclic amines) is 1. The van der Waals surface area contributed by atoms with Crippen LogP contribution in [0.5, 0.6) is 0 Å². The highest BCUT2D eigenvalue weighted by molar-refractivity contribution is 5.85. The monoisotopic (exact) mass is 233 g/mol. The Labute approximate surface area is 97.4 Å². The molecule has 5 heteroatoms. The molecule has 88 valence electrons. The molecule has 2 heterocycles. The van der Waals surface area contributed by atoms with E-state index in [1.54, 1.807) is 0 Å². The summed E-state index contributed by atoms with van der Waals surface area (Å²) in [6.07, 6.45) is 2.52. The minimum absolute atomic E-state index is 0. The van der Waals surface area contributed by atoms with Gasteiger partial charge in [0.1, 0.15) is 0 Å². The van der Waals surface area contributed by atoms with E-state index >= 15 is 0 Å². The first-order valence-corrected chi connectivity index (χ1v) is 5.57. The molecule has 2 saturated heterocycles. The summed E-state index contributed by atoms with van der Waals surface area (Å²) in [7, 11) is 0. The van der Waals surface area contributed by atoms with E-state index in [9.17, 15) is 4.79 Å². The number of halogens is 1. The van der Waals surface area contributed by atoms with Gasteiger partial charge in [-0.05, 0) is 25.9 Å². The first-order chi connectivity index (χ1) is 6.86. The molecular formula is C10H20ClN3O. The molecule has 0 aromatic rings. The molecule has 15 heavy (non-hydrogen) atoms. The normalized spacial score (nSPS) is 22.5. The predicted molar refractivity (Wildman–Crippen MR) is 62.4 cm³/mol. The van der Waals surface area contributed by atoms with Gasteiger partial charge in [0.2, 0.25) is 5.91 Å². The standard InChI is InChI=1S/C10H19N3O.ClH/c14-10(9-12-5-1-2-6-12)13-7-3-11-4-8-13;/h11H,1-9H2;1H. The Morgan fingerprint density at radius 3 is 2.27 bits per heavy atom. The number of nitrogens with one attached hydrogen (secondary N) is 1. The van der Waals surface area contributed by atoms with Gasteiger partial charge in [0.05, 0.1) is 6.54 Å². The highest BCUT2D eigenvalue weighted by Crippen LogP contribution is 2.07. The van der Waals surface area contributed by atoms with Gasteiger partial charge in [0.25, 0.3) is 0 Å². The molecule has 2 rings (SSSR count). The summed E-state index contributed by atoms with van der Waals surface area (Å²) in [6, 6.07) is 0. The van der Waals surface area contributed by atoms with Gasteiger partial charge in [-0.1, -0.05) is 0 Å². The summed E-state index contributed by atoms with van der Waals surface area (Å²) in [5.41, 5.74) is 0. The number of amides is 1. The predicted octanol–water partition coefficient (Wildman–Crippen LogP) is -0.0642. The van der Waals surface area contributed by atoms with Crippen LogP contribution >= 0.6 is 12.4 Å². The van der Waals surface area contributed by atoms with Crippen molar-refractivity contribution >= 4 is 18.3 Å². The van der Waals surface area contributed by atoms with E-state index < -0.39 is 0 Å². The fourth-order valence-electron chi connectivity index (χ4n) is 2.15. The summed E-state index contributed by atoms with van der Waals surface area (Å²) in [4.78, 5) is 16.1. The molecule has 0 aliphatic carbocycles. The first kappa shape index (κ1) is 12.7. The van der Waals surface area contributed by atoms with Crippen molar-refractivity contribution in [1.29, 1.82) is 0 Å². The highest BCUT2D eigenvalue weighted by Gasteiger charge is 2.20. The van der Waals surface area contributed by atoms with Crippen molar-refractivity contribution < 1.29 is 4.79 Å². The average molecular weight is 234 g/mol. The Balaban J connectivity index is 0.00000112. The summed E-state index contributed by atoms with van der Waals surface area (Å²) < 4.78 is 0. The molecule has 0 bridgehead atoms. The second kappa shape index (κ2) is 6.30. The number of nitrogens with zero attached hydrogens (tertiary/aromatic N) is 2. The maximum absolute atomic E-state index is 11.8. The molecular weight excluding hydrogens is 214 g/mol. The molecule has 2 fully saturated rings. The molecule has 2 aliphatic heterocycles. The minimum atomic E-state index is 0. The van der Waals surface area contributed by atoms with Gasteiger partial charge in [-0.2, -0.15) is 0 Å². The van der Waals surface area contributed by atoms with Gasteiger partial charge < -0.3 is 10.2 Å². The second-order valence-electron chi connectivity index (χ2n) is 4.11. The second-order valence-corrected chi connectivity index (χ2v) is 4.11. The van der Waals surface area contributed by atoms with Gasteiger partial charge in [0, 0.05) is 26.2 Å². The number of carbonyl (C=O) groups excluding carboxylic acids is 1. The maximum Gasteiger partial charge on any atom is 0.236 e. The molecule has 0 unspecified atom stereocenters. The molecule has 0 aromatic heterocycles. The third kappa shape index (κ3) is 3.63. The summed E-state index contributed by atoms with van der Waals surface area (Å²) >= 11 is 0. The zero-order valence-corrected chi connectivity index (χ0v) is 9.89. The van der Waals surface area contributed by atoms with E-state index in [-0.39, 0.29) is 12.4 Å². The molecule has 0 spiro atoms. The van der Waals surface area contributed by atoms with Crippen LogP contribution < -0.4 is 5.32 Å². The van der Waals surface area contributed by atoms with Crippen molar-refractivity contribution in [2.24, 2.45) is 0 Å². The number of hydrogen-bond donors (Lipinski definition) is 1. The van der Waals surface area contributed by atoms with Crippen LogP contribution in [0.4, 0.5) is 0 Å². The van der Waals surface area contributed by atoms with E-state index in [4.69, 9.17) is 0 Å². The number of rotatable bonds is 2. The van der Waals surface area contributed by atoms with Crippen LogP contribution in [0.3, 0.4) is 0 Å². The Morgan fingerprint density at radius 1 is 1.07 bits per heavy atom. The van der Waals surface area contributed by atoms with Crippen LogP contribution in [-0.4, -0.2) is 61.5 Å². The van der Waals surface area contributed by atoms with Crippen molar-refractivity contribution in [1.82, 2.24) is 15.1 Å². The van der Waals surface area contributed by atoms with Crippen molar-refractivity contribution in [2.45, 2.75) is 12.8 Å². The van der Waals surface area contributed by atoms with Crippen molar-refractivity contribution in [2.75, 3.05) is 45.8 Å². The van der Waals surface area contributed by atoms with Gasteiger partial charge in [-0.15, -0.1) is 12.4 Å². The van der Waals surface area contributed by atoms with Crippen LogP contribution in [0.25, 0.3) is 0 Å². The molecule has 0 saturated carbocycles. The largest absolute Gasteiger partial charge is 0.339 e. The average Bonchev–Trinajstić information content (AvgIpc) is 2.72. The topological polar surface area (TPSA) is 35.6 Å². The van der Waals surface area contributed by atoms with Crippen molar-refractivity contribution in [3.05, 3.63) is 0 Å². The molecule has 1 N–H and O–H groups in total. The van der Waals surface area contributed by atoms with Crippen LogP contribution in [0, 0.1) is 0 Å². The third-order valence-electron chi connectivity index (χ3n) is 3.03. The third-order valence-corrected chi connectivity index (χ3v) is 3.03. The number of carbonyl (C=O) groups is 1. The number of hydrogen-bond acceptors (Lipinski definition) is 3. The Morgan fingerprint density at radius 2 is 1.67 bits per heavy atom. The van der Waals surface area contributed by atoms with Gasteiger partial charge in [0.15, 0.2) is 0 Å². The zero-order chi connectivity index (χ0) is 9.80. The van der Waals surface area contributed by atoms with Gasteiger partial charge in [-0.25, -0.2) is 0 Å². The Bertz CT molecular complexity index is 201. The summed E-state index contributed by atoms with van der Waals surface area (Å²) in [6.45, 7) is 6.52. The first-order valence-electron chi connectivity index (χ1n) is 5.57. The van der Waals surface area contributed by atoms with E-state index in [1.165, 1.54) is 12.8 Å². The fraction of sp³-hybridized carbons (Fsp3) is 0.900. The number of piperazine rings is 1. The lowest BCUT2D eigenvalue weighted by Gasteiger charge is -2.29. The molecule has 0 aromatic carbocycles. The fourth-order valence-corrected chi connectivity index (χ4v) is 2.15. The lowest BCUT2D eigenvalue weighted by atomic mass is 10.3. The zero-order valence-electron chi connectivity index (χ0n) is 9.07. The molecule has 4 nitrogen and oxygen atoms in total. The van der Waals surface area contributed by atoms with Crippen LogP contribution in [0.2, 0.25) is 0 Å².